The fourth-order valence-electron chi connectivity index (χ4n) is 2.24. The summed E-state index contributed by atoms with van der Waals surface area (Å²) in [6, 6.07) is 10.8. The van der Waals surface area contributed by atoms with E-state index in [1.165, 1.54) is 18.2 Å². The number of benzene rings is 1. The van der Waals surface area contributed by atoms with Gasteiger partial charge in [0.25, 0.3) is 0 Å². The average molecular weight is 364 g/mol. The van der Waals surface area contributed by atoms with Gasteiger partial charge in [0.2, 0.25) is 0 Å². The smallest absolute Gasteiger partial charge is 0.342 e. The lowest BCUT2D eigenvalue weighted by Gasteiger charge is -2.09. The van der Waals surface area contributed by atoms with Crippen LogP contribution in [0.25, 0.3) is 0 Å². The molecule has 7 heteroatoms. The molecule has 0 saturated carbocycles. The van der Waals surface area contributed by atoms with Gasteiger partial charge in [0.15, 0.2) is 0 Å². The summed E-state index contributed by atoms with van der Waals surface area (Å²) in [5, 5.41) is 9.92. The third-order valence-corrected chi connectivity index (χ3v) is 3.69. The highest BCUT2D eigenvalue weighted by atomic mass is 16.5. The number of aromatic hydroxyl groups is 1. The molecule has 0 aliphatic rings. The summed E-state index contributed by atoms with van der Waals surface area (Å²) in [6.45, 7) is 0.0988. The summed E-state index contributed by atoms with van der Waals surface area (Å²) in [7, 11) is 0. The van der Waals surface area contributed by atoms with Crippen molar-refractivity contribution in [2.75, 3.05) is 0 Å². The van der Waals surface area contributed by atoms with Gasteiger partial charge in [0, 0.05) is 24.8 Å². The number of phenols is 1. The van der Waals surface area contributed by atoms with Crippen molar-refractivity contribution >= 4 is 11.9 Å². The third-order valence-electron chi connectivity index (χ3n) is 3.69. The van der Waals surface area contributed by atoms with Crippen molar-refractivity contribution in [3.63, 3.8) is 0 Å². The standard InChI is InChI=1S/C20H16N2O5/c23-18-2-1-16(19(24)26-12-14-3-7-21-8-4-14)11-17(18)20(25)27-13-15-5-9-22-10-6-15/h1-11,23H,12-13H2. The highest BCUT2D eigenvalue weighted by Crippen LogP contribution is 2.21. The van der Waals surface area contributed by atoms with Crippen molar-refractivity contribution < 1.29 is 24.2 Å². The molecule has 0 atom stereocenters. The number of rotatable bonds is 6. The highest BCUT2D eigenvalue weighted by molar-refractivity contribution is 5.97. The van der Waals surface area contributed by atoms with Crippen molar-refractivity contribution in [1.29, 1.82) is 0 Å². The lowest BCUT2D eigenvalue weighted by atomic mass is 10.1. The molecule has 7 nitrogen and oxygen atoms in total. The molecular formula is C20H16N2O5. The van der Waals surface area contributed by atoms with Crippen LogP contribution >= 0.6 is 0 Å². The Bertz CT molecular complexity index is 930. The van der Waals surface area contributed by atoms with Crippen molar-refractivity contribution in [3.8, 4) is 5.75 Å². The topological polar surface area (TPSA) is 98.6 Å². The molecule has 1 N–H and O–H groups in total. The first-order valence-electron chi connectivity index (χ1n) is 8.08. The summed E-state index contributed by atoms with van der Waals surface area (Å²) in [6.07, 6.45) is 6.36. The summed E-state index contributed by atoms with van der Waals surface area (Å²) in [5.74, 6) is -1.64. The molecule has 2 aromatic heterocycles. The first-order valence-corrected chi connectivity index (χ1v) is 8.08. The van der Waals surface area contributed by atoms with E-state index in [-0.39, 0.29) is 30.1 Å². The van der Waals surface area contributed by atoms with Crippen LogP contribution < -0.4 is 0 Å². The molecule has 3 rings (SSSR count). The van der Waals surface area contributed by atoms with E-state index in [2.05, 4.69) is 9.97 Å². The van der Waals surface area contributed by atoms with Gasteiger partial charge in [-0.25, -0.2) is 9.59 Å². The van der Waals surface area contributed by atoms with E-state index in [0.717, 1.165) is 11.1 Å². The Morgan fingerprint density at radius 3 is 1.85 bits per heavy atom. The van der Waals surface area contributed by atoms with Gasteiger partial charge in [-0.05, 0) is 53.6 Å². The molecule has 0 unspecified atom stereocenters. The van der Waals surface area contributed by atoms with Crippen LogP contribution in [0.1, 0.15) is 31.8 Å². The predicted octanol–water partition coefficient (Wildman–Crippen LogP) is 2.90. The summed E-state index contributed by atoms with van der Waals surface area (Å²) < 4.78 is 10.4. The van der Waals surface area contributed by atoms with Crippen molar-refractivity contribution in [1.82, 2.24) is 9.97 Å². The second-order valence-corrected chi connectivity index (χ2v) is 5.60. The van der Waals surface area contributed by atoms with E-state index >= 15 is 0 Å². The van der Waals surface area contributed by atoms with Gasteiger partial charge < -0.3 is 14.6 Å². The highest BCUT2D eigenvalue weighted by Gasteiger charge is 2.17. The predicted molar refractivity (Wildman–Crippen MR) is 94.8 cm³/mol. The van der Waals surface area contributed by atoms with E-state index < -0.39 is 11.9 Å². The Morgan fingerprint density at radius 1 is 0.778 bits per heavy atom. The number of pyridine rings is 2. The van der Waals surface area contributed by atoms with Gasteiger partial charge in [-0.2, -0.15) is 0 Å². The zero-order chi connectivity index (χ0) is 19.1. The maximum atomic E-state index is 12.2. The van der Waals surface area contributed by atoms with Crippen LogP contribution in [0.3, 0.4) is 0 Å². The molecule has 3 aromatic rings. The minimum atomic E-state index is -0.743. The molecule has 0 saturated heterocycles. The normalized spacial score (nSPS) is 10.2. The number of nitrogens with zero attached hydrogens (tertiary/aromatic N) is 2. The van der Waals surface area contributed by atoms with Crippen LogP contribution in [0.4, 0.5) is 0 Å². The van der Waals surface area contributed by atoms with Crippen molar-refractivity contribution in [2.45, 2.75) is 13.2 Å². The molecule has 27 heavy (non-hydrogen) atoms. The monoisotopic (exact) mass is 364 g/mol. The molecule has 136 valence electrons. The fraction of sp³-hybridized carbons (Fsp3) is 0.100. The Hall–Kier alpha value is -3.74. The van der Waals surface area contributed by atoms with E-state index in [1.54, 1.807) is 49.1 Å². The number of hydrogen-bond donors (Lipinski definition) is 1. The molecular weight excluding hydrogens is 348 g/mol. The Balaban J connectivity index is 1.66. The molecule has 0 aliphatic carbocycles. The minimum absolute atomic E-state index is 0.0253. The molecule has 0 aliphatic heterocycles. The number of esters is 2. The van der Waals surface area contributed by atoms with Crippen LogP contribution in [0.15, 0.2) is 67.3 Å². The van der Waals surface area contributed by atoms with Gasteiger partial charge in [0.05, 0.1) is 5.56 Å². The van der Waals surface area contributed by atoms with E-state index in [4.69, 9.17) is 9.47 Å². The van der Waals surface area contributed by atoms with Crippen LogP contribution in [0.2, 0.25) is 0 Å². The first-order chi connectivity index (χ1) is 13.1. The SMILES string of the molecule is O=C(OCc1ccncc1)c1ccc(O)c(C(=O)OCc2ccncc2)c1. The number of hydrogen-bond acceptors (Lipinski definition) is 7. The Labute approximate surface area is 155 Å². The van der Waals surface area contributed by atoms with Gasteiger partial charge >= 0.3 is 11.9 Å². The molecule has 2 heterocycles. The molecule has 0 spiro atoms. The second-order valence-electron chi connectivity index (χ2n) is 5.60. The summed E-state index contributed by atoms with van der Waals surface area (Å²) >= 11 is 0. The Morgan fingerprint density at radius 2 is 1.30 bits per heavy atom. The summed E-state index contributed by atoms with van der Waals surface area (Å²) in [5.41, 5.74) is 1.57. The number of carbonyl (C=O) groups is 2. The van der Waals surface area contributed by atoms with Crippen molar-refractivity contribution in [3.05, 3.63) is 89.5 Å². The maximum absolute atomic E-state index is 12.2. The summed E-state index contributed by atoms with van der Waals surface area (Å²) in [4.78, 5) is 32.2. The van der Waals surface area contributed by atoms with Gasteiger partial charge in [-0.15, -0.1) is 0 Å². The fourth-order valence-corrected chi connectivity index (χ4v) is 2.24. The second kappa shape index (κ2) is 8.57. The van der Waals surface area contributed by atoms with E-state index in [9.17, 15) is 14.7 Å². The zero-order valence-corrected chi connectivity index (χ0v) is 14.2. The van der Waals surface area contributed by atoms with Crippen LogP contribution in [-0.2, 0) is 22.7 Å². The molecule has 0 fully saturated rings. The van der Waals surface area contributed by atoms with Crippen LogP contribution in [0, 0.1) is 0 Å². The maximum Gasteiger partial charge on any atom is 0.342 e. The van der Waals surface area contributed by atoms with Crippen molar-refractivity contribution in [2.24, 2.45) is 0 Å². The molecule has 0 bridgehead atoms. The van der Waals surface area contributed by atoms with Crippen LogP contribution in [0.5, 0.6) is 5.75 Å². The lowest BCUT2D eigenvalue weighted by Crippen LogP contribution is -2.09. The molecule has 0 radical (unpaired) electrons. The van der Waals surface area contributed by atoms with E-state index in [1.807, 2.05) is 0 Å². The third kappa shape index (κ3) is 4.88. The number of aromatic nitrogens is 2. The van der Waals surface area contributed by atoms with Gasteiger partial charge in [-0.1, -0.05) is 0 Å². The van der Waals surface area contributed by atoms with E-state index in [0.29, 0.717) is 0 Å². The Kier molecular flexibility index (Phi) is 5.73. The van der Waals surface area contributed by atoms with Gasteiger partial charge in [-0.3, -0.25) is 9.97 Å². The number of ether oxygens (including phenoxy) is 2. The largest absolute Gasteiger partial charge is 0.507 e. The van der Waals surface area contributed by atoms with Gasteiger partial charge in [0.1, 0.15) is 24.5 Å². The average Bonchev–Trinajstić information content (AvgIpc) is 2.72. The first kappa shape index (κ1) is 18.1. The lowest BCUT2D eigenvalue weighted by molar-refractivity contribution is 0.0468. The zero-order valence-electron chi connectivity index (χ0n) is 14.2. The molecule has 1 aromatic carbocycles. The minimum Gasteiger partial charge on any atom is -0.507 e. The number of phenolic OH excluding ortho intramolecular Hbond substituents is 1. The molecule has 0 amide bonds. The van der Waals surface area contributed by atoms with Crippen LogP contribution in [-0.4, -0.2) is 27.0 Å². The number of carbonyl (C=O) groups excluding carboxylic acids is 2. The quantitative estimate of drug-likeness (QED) is 0.672.